The van der Waals surface area contributed by atoms with Gasteiger partial charge in [-0.1, -0.05) is 0 Å². The highest BCUT2D eigenvalue weighted by Crippen LogP contribution is 2.09. The average Bonchev–Trinajstić information content (AvgIpc) is 2.19. The number of aromatic nitrogens is 2. The molecular formula is C10H16N4. The molecule has 4 heteroatoms. The summed E-state index contributed by atoms with van der Waals surface area (Å²) in [6, 6.07) is 2.43. The number of anilines is 1. The first-order valence-corrected chi connectivity index (χ1v) is 5.11. The van der Waals surface area contributed by atoms with Gasteiger partial charge >= 0.3 is 0 Å². The first kappa shape index (κ1) is 9.40. The summed E-state index contributed by atoms with van der Waals surface area (Å²) >= 11 is 0. The third kappa shape index (κ3) is 2.42. The summed E-state index contributed by atoms with van der Waals surface area (Å²) in [7, 11) is 0. The second-order valence-corrected chi connectivity index (χ2v) is 3.68. The van der Waals surface area contributed by atoms with Crippen molar-refractivity contribution in [2.75, 3.05) is 18.4 Å². The van der Waals surface area contributed by atoms with Crippen LogP contribution in [0.5, 0.6) is 0 Å². The van der Waals surface area contributed by atoms with Crippen LogP contribution < -0.4 is 10.6 Å². The monoisotopic (exact) mass is 192 g/mol. The molecule has 1 atom stereocenters. The minimum absolute atomic E-state index is 0.512. The maximum absolute atomic E-state index is 4.32. The van der Waals surface area contributed by atoms with Gasteiger partial charge in [0, 0.05) is 18.8 Å². The predicted molar refractivity (Wildman–Crippen MR) is 56.3 cm³/mol. The summed E-state index contributed by atoms with van der Waals surface area (Å²) in [6.45, 7) is 4.08. The molecule has 76 valence electrons. The van der Waals surface area contributed by atoms with E-state index in [1.165, 1.54) is 12.8 Å². The Morgan fingerprint density at radius 1 is 1.57 bits per heavy atom. The van der Waals surface area contributed by atoms with Gasteiger partial charge < -0.3 is 10.6 Å². The zero-order valence-electron chi connectivity index (χ0n) is 8.45. The van der Waals surface area contributed by atoms with Crippen LogP contribution in [0.2, 0.25) is 0 Å². The average molecular weight is 192 g/mol. The SMILES string of the molecule is Cc1nccc(NC2CCCNC2)n1. The van der Waals surface area contributed by atoms with E-state index in [0.29, 0.717) is 6.04 Å². The van der Waals surface area contributed by atoms with E-state index >= 15 is 0 Å². The molecule has 0 aliphatic carbocycles. The molecule has 1 aromatic heterocycles. The van der Waals surface area contributed by atoms with Crippen LogP contribution in [-0.4, -0.2) is 29.1 Å². The van der Waals surface area contributed by atoms with Gasteiger partial charge in [0.1, 0.15) is 11.6 Å². The molecule has 1 aliphatic heterocycles. The Balaban J connectivity index is 1.95. The molecule has 1 aliphatic rings. The van der Waals surface area contributed by atoms with Crippen molar-refractivity contribution in [2.24, 2.45) is 0 Å². The molecule has 14 heavy (non-hydrogen) atoms. The van der Waals surface area contributed by atoms with Crippen molar-refractivity contribution in [2.45, 2.75) is 25.8 Å². The Hall–Kier alpha value is -1.16. The highest BCUT2D eigenvalue weighted by molar-refractivity contribution is 5.34. The van der Waals surface area contributed by atoms with Gasteiger partial charge in [-0.2, -0.15) is 0 Å². The molecule has 1 fully saturated rings. The Bertz CT molecular complexity index is 294. The second kappa shape index (κ2) is 4.37. The lowest BCUT2D eigenvalue weighted by Crippen LogP contribution is -2.38. The number of hydrogen-bond acceptors (Lipinski definition) is 4. The van der Waals surface area contributed by atoms with Gasteiger partial charge in [-0.3, -0.25) is 0 Å². The van der Waals surface area contributed by atoms with Gasteiger partial charge in [0.25, 0.3) is 0 Å². The highest BCUT2D eigenvalue weighted by Gasteiger charge is 2.12. The Labute approximate surface area is 84.2 Å². The van der Waals surface area contributed by atoms with Crippen LogP contribution in [-0.2, 0) is 0 Å². The maximum atomic E-state index is 4.32. The molecule has 1 unspecified atom stereocenters. The molecule has 0 spiro atoms. The van der Waals surface area contributed by atoms with E-state index < -0.39 is 0 Å². The van der Waals surface area contributed by atoms with Crippen LogP contribution >= 0.6 is 0 Å². The summed E-state index contributed by atoms with van der Waals surface area (Å²) in [5, 5.41) is 6.77. The van der Waals surface area contributed by atoms with Crippen molar-refractivity contribution < 1.29 is 0 Å². The highest BCUT2D eigenvalue weighted by atomic mass is 15.1. The molecule has 2 N–H and O–H groups in total. The standard InChI is InChI=1S/C10H16N4/c1-8-12-6-4-10(13-8)14-9-3-2-5-11-7-9/h4,6,9,11H,2-3,5,7H2,1H3,(H,12,13,14). The molecule has 0 radical (unpaired) electrons. The fraction of sp³-hybridized carbons (Fsp3) is 0.600. The summed E-state index contributed by atoms with van der Waals surface area (Å²) in [6.07, 6.45) is 4.25. The minimum atomic E-state index is 0.512. The summed E-state index contributed by atoms with van der Waals surface area (Å²) in [5.74, 6) is 1.75. The number of nitrogens with zero attached hydrogens (tertiary/aromatic N) is 2. The zero-order chi connectivity index (χ0) is 9.80. The third-order valence-electron chi connectivity index (χ3n) is 2.42. The van der Waals surface area contributed by atoms with E-state index in [1.54, 1.807) is 6.20 Å². The fourth-order valence-electron chi connectivity index (χ4n) is 1.72. The lowest BCUT2D eigenvalue weighted by atomic mass is 10.1. The van der Waals surface area contributed by atoms with E-state index in [1.807, 2.05) is 13.0 Å². The van der Waals surface area contributed by atoms with Gasteiger partial charge in [0.05, 0.1) is 0 Å². The van der Waals surface area contributed by atoms with Crippen molar-refractivity contribution in [1.82, 2.24) is 15.3 Å². The molecule has 1 aromatic rings. The summed E-state index contributed by atoms with van der Waals surface area (Å²) < 4.78 is 0. The van der Waals surface area contributed by atoms with Crippen LogP contribution in [0.3, 0.4) is 0 Å². The number of piperidine rings is 1. The Kier molecular flexibility index (Phi) is 2.93. The van der Waals surface area contributed by atoms with E-state index in [4.69, 9.17) is 0 Å². The molecule has 0 bridgehead atoms. The molecule has 0 saturated carbocycles. The van der Waals surface area contributed by atoms with E-state index in [-0.39, 0.29) is 0 Å². The lowest BCUT2D eigenvalue weighted by molar-refractivity contribution is 0.479. The van der Waals surface area contributed by atoms with Gasteiger partial charge in [0.2, 0.25) is 0 Å². The molecule has 2 heterocycles. The molecule has 0 aromatic carbocycles. The van der Waals surface area contributed by atoms with E-state index in [2.05, 4.69) is 20.6 Å². The maximum Gasteiger partial charge on any atom is 0.129 e. The summed E-state index contributed by atoms with van der Waals surface area (Å²) in [5.41, 5.74) is 0. The molecule has 4 nitrogen and oxygen atoms in total. The van der Waals surface area contributed by atoms with Crippen LogP contribution in [0.1, 0.15) is 18.7 Å². The second-order valence-electron chi connectivity index (χ2n) is 3.68. The van der Waals surface area contributed by atoms with Crippen molar-refractivity contribution in [3.05, 3.63) is 18.1 Å². The third-order valence-corrected chi connectivity index (χ3v) is 2.42. The summed E-state index contributed by atoms with van der Waals surface area (Å²) in [4.78, 5) is 8.38. The molecular weight excluding hydrogens is 176 g/mol. The van der Waals surface area contributed by atoms with Crippen LogP contribution in [0.4, 0.5) is 5.82 Å². The van der Waals surface area contributed by atoms with Crippen molar-refractivity contribution in [1.29, 1.82) is 0 Å². The predicted octanol–water partition coefficient (Wildman–Crippen LogP) is 0.949. The number of aryl methyl sites for hydroxylation is 1. The van der Waals surface area contributed by atoms with Crippen molar-refractivity contribution >= 4 is 5.82 Å². The minimum Gasteiger partial charge on any atom is -0.366 e. The van der Waals surface area contributed by atoms with Crippen LogP contribution in [0, 0.1) is 6.92 Å². The fourth-order valence-corrected chi connectivity index (χ4v) is 1.72. The van der Waals surface area contributed by atoms with Crippen molar-refractivity contribution in [3.8, 4) is 0 Å². The Morgan fingerprint density at radius 3 is 3.21 bits per heavy atom. The van der Waals surface area contributed by atoms with Crippen molar-refractivity contribution in [3.63, 3.8) is 0 Å². The largest absolute Gasteiger partial charge is 0.366 e. The van der Waals surface area contributed by atoms with E-state index in [9.17, 15) is 0 Å². The van der Waals surface area contributed by atoms with Gasteiger partial charge in [0.15, 0.2) is 0 Å². The Morgan fingerprint density at radius 2 is 2.50 bits per heavy atom. The quantitative estimate of drug-likeness (QED) is 0.732. The van der Waals surface area contributed by atoms with Gasteiger partial charge in [-0.15, -0.1) is 0 Å². The molecule has 2 rings (SSSR count). The van der Waals surface area contributed by atoms with E-state index in [0.717, 1.165) is 24.7 Å². The molecule has 1 saturated heterocycles. The van der Waals surface area contributed by atoms with Gasteiger partial charge in [-0.25, -0.2) is 9.97 Å². The first-order chi connectivity index (χ1) is 6.84. The van der Waals surface area contributed by atoms with Crippen LogP contribution in [0.15, 0.2) is 12.3 Å². The smallest absolute Gasteiger partial charge is 0.129 e. The van der Waals surface area contributed by atoms with Crippen LogP contribution in [0.25, 0.3) is 0 Å². The zero-order valence-corrected chi connectivity index (χ0v) is 8.45. The normalized spacial score (nSPS) is 21.9. The lowest BCUT2D eigenvalue weighted by Gasteiger charge is -2.24. The topological polar surface area (TPSA) is 49.8 Å². The number of nitrogens with one attached hydrogen (secondary N) is 2. The molecule has 0 amide bonds. The van der Waals surface area contributed by atoms with Gasteiger partial charge in [-0.05, 0) is 32.4 Å². The first-order valence-electron chi connectivity index (χ1n) is 5.11. The number of rotatable bonds is 2. The number of hydrogen-bond donors (Lipinski definition) is 2.